The lowest BCUT2D eigenvalue weighted by atomic mass is 9.97. The second-order valence-electron chi connectivity index (χ2n) is 4.90. The SMILES string of the molecule is COC(=O)[C@@H](C)N1CCc2cc(OC)c(OC)cc2C1. The van der Waals surface area contributed by atoms with E-state index in [0.717, 1.165) is 24.5 Å². The zero-order chi connectivity index (χ0) is 14.7. The molecule has 2 rings (SSSR count). The van der Waals surface area contributed by atoms with Crippen molar-refractivity contribution in [2.45, 2.75) is 25.9 Å². The molecule has 1 atom stereocenters. The van der Waals surface area contributed by atoms with Gasteiger partial charge in [-0.2, -0.15) is 0 Å². The third-order valence-electron chi connectivity index (χ3n) is 3.84. The van der Waals surface area contributed by atoms with E-state index in [-0.39, 0.29) is 12.0 Å². The second-order valence-corrected chi connectivity index (χ2v) is 4.90. The minimum Gasteiger partial charge on any atom is -0.493 e. The van der Waals surface area contributed by atoms with Crippen LogP contribution < -0.4 is 9.47 Å². The van der Waals surface area contributed by atoms with Gasteiger partial charge in [-0.3, -0.25) is 9.69 Å². The quantitative estimate of drug-likeness (QED) is 0.784. The van der Waals surface area contributed by atoms with Crippen LogP contribution in [0.25, 0.3) is 0 Å². The normalized spacial score (nSPS) is 16.2. The van der Waals surface area contributed by atoms with E-state index in [4.69, 9.17) is 14.2 Å². The third kappa shape index (κ3) is 2.72. The molecule has 0 aromatic heterocycles. The molecule has 0 unspecified atom stereocenters. The fourth-order valence-corrected chi connectivity index (χ4v) is 2.56. The van der Waals surface area contributed by atoms with Gasteiger partial charge in [0, 0.05) is 13.1 Å². The van der Waals surface area contributed by atoms with Crippen molar-refractivity contribution in [3.8, 4) is 11.5 Å². The molecular weight excluding hydrogens is 258 g/mol. The molecule has 0 N–H and O–H groups in total. The molecule has 0 aliphatic carbocycles. The molecule has 1 aliphatic heterocycles. The first kappa shape index (κ1) is 14.7. The minimum absolute atomic E-state index is 0.200. The van der Waals surface area contributed by atoms with E-state index in [0.29, 0.717) is 6.54 Å². The van der Waals surface area contributed by atoms with Crippen molar-refractivity contribution in [2.75, 3.05) is 27.9 Å². The molecule has 110 valence electrons. The maximum absolute atomic E-state index is 11.6. The van der Waals surface area contributed by atoms with Crippen LogP contribution in [0, 0.1) is 0 Å². The molecule has 1 heterocycles. The lowest BCUT2D eigenvalue weighted by molar-refractivity contribution is -0.146. The van der Waals surface area contributed by atoms with Crippen molar-refractivity contribution in [2.24, 2.45) is 0 Å². The van der Waals surface area contributed by atoms with Crippen LogP contribution in [0.5, 0.6) is 11.5 Å². The van der Waals surface area contributed by atoms with Gasteiger partial charge in [0.05, 0.1) is 21.3 Å². The maximum atomic E-state index is 11.6. The molecule has 0 amide bonds. The summed E-state index contributed by atoms with van der Waals surface area (Å²) >= 11 is 0. The summed E-state index contributed by atoms with van der Waals surface area (Å²) in [6.07, 6.45) is 0.886. The summed E-state index contributed by atoms with van der Waals surface area (Å²) in [6.45, 7) is 3.42. The molecule has 0 saturated carbocycles. The topological polar surface area (TPSA) is 48.0 Å². The predicted molar refractivity (Wildman–Crippen MR) is 75.1 cm³/mol. The Morgan fingerprint density at radius 3 is 2.30 bits per heavy atom. The molecule has 0 bridgehead atoms. The zero-order valence-corrected chi connectivity index (χ0v) is 12.4. The van der Waals surface area contributed by atoms with E-state index in [9.17, 15) is 4.79 Å². The highest BCUT2D eigenvalue weighted by Gasteiger charge is 2.26. The van der Waals surface area contributed by atoms with Crippen LogP contribution in [0.1, 0.15) is 18.1 Å². The van der Waals surface area contributed by atoms with Crippen molar-refractivity contribution < 1.29 is 19.0 Å². The van der Waals surface area contributed by atoms with Gasteiger partial charge in [0.15, 0.2) is 11.5 Å². The zero-order valence-electron chi connectivity index (χ0n) is 12.4. The third-order valence-corrected chi connectivity index (χ3v) is 3.84. The number of methoxy groups -OCH3 is 3. The Hall–Kier alpha value is -1.75. The first-order valence-electron chi connectivity index (χ1n) is 6.66. The molecular formula is C15H21NO4. The van der Waals surface area contributed by atoms with E-state index in [2.05, 4.69) is 4.90 Å². The Morgan fingerprint density at radius 2 is 1.75 bits per heavy atom. The van der Waals surface area contributed by atoms with Gasteiger partial charge in [0.1, 0.15) is 6.04 Å². The minimum atomic E-state index is -0.235. The molecule has 1 aliphatic rings. The van der Waals surface area contributed by atoms with E-state index in [1.807, 2.05) is 19.1 Å². The number of carbonyl (C=O) groups excluding carboxylic acids is 1. The molecule has 0 fully saturated rings. The highest BCUT2D eigenvalue weighted by Crippen LogP contribution is 2.33. The van der Waals surface area contributed by atoms with Crippen molar-refractivity contribution in [1.82, 2.24) is 4.90 Å². The number of hydrogen-bond acceptors (Lipinski definition) is 5. The van der Waals surface area contributed by atoms with Crippen LogP contribution >= 0.6 is 0 Å². The van der Waals surface area contributed by atoms with Gasteiger partial charge in [-0.1, -0.05) is 0 Å². The van der Waals surface area contributed by atoms with E-state index in [1.54, 1.807) is 14.2 Å². The first-order valence-corrected chi connectivity index (χ1v) is 6.66. The van der Waals surface area contributed by atoms with Crippen molar-refractivity contribution in [3.63, 3.8) is 0 Å². The summed E-state index contributed by atoms with van der Waals surface area (Å²) in [5.41, 5.74) is 2.42. The summed E-state index contributed by atoms with van der Waals surface area (Å²) in [4.78, 5) is 13.7. The van der Waals surface area contributed by atoms with E-state index < -0.39 is 0 Å². The number of benzene rings is 1. The summed E-state index contributed by atoms with van der Waals surface area (Å²) in [6, 6.07) is 3.78. The fraction of sp³-hybridized carbons (Fsp3) is 0.533. The average Bonchev–Trinajstić information content (AvgIpc) is 2.51. The molecule has 20 heavy (non-hydrogen) atoms. The van der Waals surface area contributed by atoms with Gasteiger partial charge in [0.25, 0.3) is 0 Å². The maximum Gasteiger partial charge on any atom is 0.322 e. The smallest absolute Gasteiger partial charge is 0.322 e. The standard InChI is InChI=1S/C15H21NO4/c1-10(15(17)20-4)16-6-5-11-7-13(18-2)14(19-3)8-12(11)9-16/h7-8,10H,5-6,9H2,1-4H3/t10-/m1/s1. The van der Waals surface area contributed by atoms with Crippen molar-refractivity contribution in [3.05, 3.63) is 23.3 Å². The Kier molecular flexibility index (Phi) is 4.49. The number of hydrogen-bond donors (Lipinski definition) is 0. The van der Waals surface area contributed by atoms with Gasteiger partial charge in [-0.05, 0) is 36.6 Å². The van der Waals surface area contributed by atoms with Gasteiger partial charge in [0.2, 0.25) is 0 Å². The van der Waals surface area contributed by atoms with Gasteiger partial charge < -0.3 is 14.2 Å². The molecule has 1 aromatic rings. The fourth-order valence-electron chi connectivity index (χ4n) is 2.56. The number of carbonyl (C=O) groups is 1. The number of rotatable bonds is 4. The molecule has 0 radical (unpaired) electrons. The summed E-state index contributed by atoms with van der Waals surface area (Å²) in [5.74, 6) is 1.27. The van der Waals surface area contributed by atoms with Crippen LogP contribution in [0.15, 0.2) is 12.1 Å². The van der Waals surface area contributed by atoms with Crippen LogP contribution in [-0.4, -0.2) is 44.8 Å². The van der Waals surface area contributed by atoms with Crippen molar-refractivity contribution >= 4 is 5.97 Å². The number of nitrogens with zero attached hydrogens (tertiary/aromatic N) is 1. The first-order chi connectivity index (χ1) is 9.60. The van der Waals surface area contributed by atoms with Crippen LogP contribution in [-0.2, 0) is 22.5 Å². The highest BCUT2D eigenvalue weighted by molar-refractivity contribution is 5.75. The predicted octanol–water partition coefficient (Wildman–Crippen LogP) is 1.62. The summed E-state index contributed by atoms with van der Waals surface area (Å²) in [7, 11) is 4.69. The van der Waals surface area contributed by atoms with E-state index in [1.165, 1.54) is 18.2 Å². The molecule has 0 spiro atoms. The number of fused-ring (bicyclic) bond motifs is 1. The van der Waals surface area contributed by atoms with Crippen LogP contribution in [0.3, 0.4) is 0 Å². The van der Waals surface area contributed by atoms with Crippen LogP contribution in [0.4, 0.5) is 0 Å². The number of ether oxygens (including phenoxy) is 3. The highest BCUT2D eigenvalue weighted by atomic mass is 16.5. The molecule has 1 aromatic carbocycles. The molecule has 0 saturated heterocycles. The van der Waals surface area contributed by atoms with Crippen molar-refractivity contribution in [1.29, 1.82) is 0 Å². The monoisotopic (exact) mass is 279 g/mol. The Morgan fingerprint density at radius 1 is 1.15 bits per heavy atom. The lowest BCUT2D eigenvalue weighted by Gasteiger charge is -2.32. The summed E-state index contributed by atoms with van der Waals surface area (Å²) < 4.78 is 15.5. The van der Waals surface area contributed by atoms with Gasteiger partial charge in [-0.15, -0.1) is 0 Å². The van der Waals surface area contributed by atoms with Gasteiger partial charge in [-0.25, -0.2) is 0 Å². The molecule has 5 nitrogen and oxygen atoms in total. The molecule has 5 heteroatoms. The van der Waals surface area contributed by atoms with Gasteiger partial charge >= 0.3 is 5.97 Å². The largest absolute Gasteiger partial charge is 0.493 e. The average molecular weight is 279 g/mol. The second kappa shape index (κ2) is 6.13. The van der Waals surface area contributed by atoms with Crippen LogP contribution in [0.2, 0.25) is 0 Å². The Bertz CT molecular complexity index is 501. The lowest BCUT2D eigenvalue weighted by Crippen LogP contribution is -2.42. The number of esters is 1. The summed E-state index contributed by atoms with van der Waals surface area (Å²) in [5, 5.41) is 0. The Labute approximate surface area is 119 Å². The van der Waals surface area contributed by atoms with E-state index >= 15 is 0 Å². The Balaban J connectivity index is 2.23.